The van der Waals surface area contributed by atoms with Crippen molar-refractivity contribution in [3.63, 3.8) is 0 Å². The lowest BCUT2D eigenvalue weighted by molar-refractivity contribution is 0.312. The minimum atomic E-state index is -0.259. The van der Waals surface area contributed by atoms with Crippen LogP contribution >= 0.6 is 22.9 Å². The molecule has 0 amide bonds. The highest BCUT2D eigenvalue weighted by Gasteiger charge is 2.32. The second-order valence-electron chi connectivity index (χ2n) is 3.65. The molecule has 1 unspecified atom stereocenters. The van der Waals surface area contributed by atoms with Gasteiger partial charge in [0.25, 0.3) is 0 Å². The van der Waals surface area contributed by atoms with E-state index in [0.717, 1.165) is 16.3 Å². The van der Waals surface area contributed by atoms with Crippen LogP contribution in [0.2, 0.25) is 5.02 Å². The molecule has 0 spiro atoms. The number of nitrogens with two attached hydrogens (primary N) is 1. The van der Waals surface area contributed by atoms with Gasteiger partial charge in [-0.3, -0.25) is 0 Å². The van der Waals surface area contributed by atoms with Crippen LogP contribution in [0.4, 0.5) is 0 Å². The van der Waals surface area contributed by atoms with E-state index in [4.69, 9.17) is 17.3 Å². The third-order valence-corrected chi connectivity index (χ3v) is 4.19. The topological polar surface area (TPSA) is 26.0 Å². The Bertz CT molecular complexity index is 282. The number of hydrogen-bond donors (Lipinski definition) is 1. The standard InChI is InChI=1S/C10H16ClNS/c1-4-10(12,7(2)3)9-8(11)5-6-13-9/h5-7H,4,12H2,1-3H3. The highest BCUT2D eigenvalue weighted by molar-refractivity contribution is 7.10. The zero-order valence-corrected chi connectivity index (χ0v) is 9.88. The summed E-state index contributed by atoms with van der Waals surface area (Å²) < 4.78 is 0. The van der Waals surface area contributed by atoms with Crippen molar-refractivity contribution in [1.82, 2.24) is 0 Å². The highest BCUT2D eigenvalue weighted by atomic mass is 35.5. The SMILES string of the molecule is CCC(N)(c1sccc1Cl)C(C)C. The largest absolute Gasteiger partial charge is 0.320 e. The molecule has 0 saturated heterocycles. The lowest BCUT2D eigenvalue weighted by Crippen LogP contribution is -2.40. The van der Waals surface area contributed by atoms with Crippen molar-refractivity contribution in [2.75, 3.05) is 0 Å². The normalized spacial score (nSPS) is 16.2. The molecule has 1 nitrogen and oxygen atoms in total. The first kappa shape index (κ1) is 11.0. The minimum Gasteiger partial charge on any atom is -0.320 e. The number of halogens is 1. The maximum atomic E-state index is 6.33. The molecule has 0 aliphatic heterocycles. The molecular weight excluding hydrogens is 202 g/mol. The summed E-state index contributed by atoms with van der Waals surface area (Å²) in [5.74, 6) is 0.411. The van der Waals surface area contributed by atoms with Crippen molar-refractivity contribution < 1.29 is 0 Å². The van der Waals surface area contributed by atoms with Crippen LogP contribution in [0, 0.1) is 5.92 Å². The second kappa shape index (κ2) is 3.99. The molecule has 0 bridgehead atoms. The summed E-state index contributed by atoms with van der Waals surface area (Å²) in [7, 11) is 0. The summed E-state index contributed by atoms with van der Waals surface area (Å²) in [5.41, 5.74) is 6.07. The summed E-state index contributed by atoms with van der Waals surface area (Å²) in [4.78, 5) is 1.12. The monoisotopic (exact) mass is 217 g/mol. The predicted molar refractivity (Wildman–Crippen MR) is 60.3 cm³/mol. The number of rotatable bonds is 3. The molecule has 0 aromatic carbocycles. The van der Waals surface area contributed by atoms with E-state index in [0.29, 0.717) is 5.92 Å². The Hall–Kier alpha value is -0.0500. The third-order valence-electron chi connectivity index (χ3n) is 2.66. The Labute approximate surface area is 88.9 Å². The lowest BCUT2D eigenvalue weighted by Gasteiger charge is -2.31. The summed E-state index contributed by atoms with van der Waals surface area (Å²) in [6.45, 7) is 6.38. The summed E-state index contributed by atoms with van der Waals surface area (Å²) in [6, 6.07) is 1.92. The van der Waals surface area contributed by atoms with Gasteiger partial charge in [-0.2, -0.15) is 0 Å². The Kier molecular flexibility index (Phi) is 3.38. The number of thiophene rings is 1. The van der Waals surface area contributed by atoms with Gasteiger partial charge >= 0.3 is 0 Å². The van der Waals surface area contributed by atoms with E-state index in [9.17, 15) is 0 Å². The maximum Gasteiger partial charge on any atom is 0.0564 e. The Balaban J connectivity index is 3.10. The Morgan fingerprint density at radius 1 is 1.62 bits per heavy atom. The lowest BCUT2D eigenvalue weighted by atomic mass is 9.83. The molecule has 1 heterocycles. The second-order valence-corrected chi connectivity index (χ2v) is 4.97. The first-order valence-corrected chi connectivity index (χ1v) is 5.80. The quantitative estimate of drug-likeness (QED) is 0.823. The average Bonchev–Trinajstić information content (AvgIpc) is 2.50. The molecule has 1 aromatic heterocycles. The van der Waals surface area contributed by atoms with E-state index in [-0.39, 0.29) is 5.54 Å². The van der Waals surface area contributed by atoms with E-state index in [1.54, 1.807) is 11.3 Å². The maximum absolute atomic E-state index is 6.33. The van der Waals surface area contributed by atoms with Gasteiger partial charge in [0.2, 0.25) is 0 Å². The van der Waals surface area contributed by atoms with Crippen LogP contribution in [0.15, 0.2) is 11.4 Å². The van der Waals surface area contributed by atoms with Gasteiger partial charge in [-0.15, -0.1) is 11.3 Å². The van der Waals surface area contributed by atoms with Gasteiger partial charge < -0.3 is 5.73 Å². The van der Waals surface area contributed by atoms with Gasteiger partial charge in [0.15, 0.2) is 0 Å². The fraction of sp³-hybridized carbons (Fsp3) is 0.600. The van der Waals surface area contributed by atoms with Crippen molar-refractivity contribution >= 4 is 22.9 Å². The van der Waals surface area contributed by atoms with Crippen LogP contribution in [0.25, 0.3) is 0 Å². The predicted octanol–water partition coefficient (Wildman–Crippen LogP) is 3.62. The molecule has 1 atom stereocenters. The van der Waals surface area contributed by atoms with Crippen LogP contribution in [0.5, 0.6) is 0 Å². The Morgan fingerprint density at radius 2 is 2.23 bits per heavy atom. The van der Waals surface area contributed by atoms with E-state index in [1.807, 2.05) is 11.4 Å². The highest BCUT2D eigenvalue weighted by Crippen LogP contribution is 2.38. The summed E-state index contributed by atoms with van der Waals surface area (Å²) >= 11 is 7.73. The first-order chi connectivity index (χ1) is 6.02. The molecule has 0 fully saturated rings. The van der Waals surface area contributed by atoms with Crippen molar-refractivity contribution in [3.8, 4) is 0 Å². The van der Waals surface area contributed by atoms with Crippen molar-refractivity contribution in [1.29, 1.82) is 0 Å². The fourth-order valence-electron chi connectivity index (χ4n) is 1.46. The molecule has 74 valence electrons. The molecular formula is C10H16ClNS. The van der Waals surface area contributed by atoms with E-state index in [1.165, 1.54) is 0 Å². The van der Waals surface area contributed by atoms with Gasteiger partial charge in [-0.1, -0.05) is 32.4 Å². The third kappa shape index (κ3) is 1.90. The summed E-state index contributed by atoms with van der Waals surface area (Å²) in [6.07, 6.45) is 0.922. The molecule has 2 N–H and O–H groups in total. The molecule has 0 aliphatic carbocycles. The average molecular weight is 218 g/mol. The smallest absolute Gasteiger partial charge is 0.0564 e. The van der Waals surface area contributed by atoms with Crippen LogP contribution in [0.1, 0.15) is 32.1 Å². The molecule has 0 aliphatic rings. The van der Waals surface area contributed by atoms with E-state index >= 15 is 0 Å². The minimum absolute atomic E-state index is 0.259. The zero-order chi connectivity index (χ0) is 10.1. The van der Waals surface area contributed by atoms with Crippen LogP contribution in [-0.2, 0) is 5.54 Å². The van der Waals surface area contributed by atoms with Gasteiger partial charge in [-0.25, -0.2) is 0 Å². The zero-order valence-electron chi connectivity index (χ0n) is 8.30. The first-order valence-electron chi connectivity index (χ1n) is 4.54. The van der Waals surface area contributed by atoms with E-state index < -0.39 is 0 Å². The van der Waals surface area contributed by atoms with Gasteiger partial charge in [0.1, 0.15) is 0 Å². The van der Waals surface area contributed by atoms with Gasteiger partial charge in [0.05, 0.1) is 10.6 Å². The molecule has 0 saturated carbocycles. The molecule has 1 rings (SSSR count). The van der Waals surface area contributed by atoms with Crippen molar-refractivity contribution in [2.24, 2.45) is 11.7 Å². The van der Waals surface area contributed by atoms with Gasteiger partial charge in [0, 0.05) is 4.88 Å². The summed E-state index contributed by atoms with van der Waals surface area (Å²) in [5, 5.41) is 2.81. The fourth-order valence-corrected chi connectivity index (χ4v) is 3.02. The van der Waals surface area contributed by atoms with Gasteiger partial charge in [-0.05, 0) is 23.8 Å². The van der Waals surface area contributed by atoms with Crippen LogP contribution < -0.4 is 5.73 Å². The van der Waals surface area contributed by atoms with Crippen LogP contribution in [-0.4, -0.2) is 0 Å². The van der Waals surface area contributed by atoms with Crippen molar-refractivity contribution in [2.45, 2.75) is 32.7 Å². The van der Waals surface area contributed by atoms with Crippen LogP contribution in [0.3, 0.4) is 0 Å². The molecule has 0 radical (unpaired) electrons. The number of hydrogen-bond acceptors (Lipinski definition) is 2. The molecule has 1 aromatic rings. The van der Waals surface area contributed by atoms with E-state index in [2.05, 4.69) is 20.8 Å². The van der Waals surface area contributed by atoms with Crippen molar-refractivity contribution in [3.05, 3.63) is 21.3 Å². The molecule has 13 heavy (non-hydrogen) atoms. The Morgan fingerprint density at radius 3 is 2.54 bits per heavy atom. The molecule has 3 heteroatoms.